The van der Waals surface area contributed by atoms with Gasteiger partial charge >= 0.3 is 0 Å². The van der Waals surface area contributed by atoms with Crippen LogP contribution < -0.4 is 0 Å². The smallest absolute Gasteiger partial charge is 0.0796 e. The molecule has 0 radical (unpaired) electrons. The summed E-state index contributed by atoms with van der Waals surface area (Å²) in [5.74, 6) is 0. The molecular formula is C13H16OS. The Labute approximate surface area is 95.8 Å². The lowest BCUT2D eigenvalue weighted by molar-refractivity contribution is 0.336. The highest BCUT2D eigenvalue weighted by Gasteiger charge is 2.04. The van der Waals surface area contributed by atoms with Gasteiger partial charge in [-0.2, -0.15) is 0 Å². The fourth-order valence-corrected chi connectivity index (χ4v) is 2.21. The summed E-state index contributed by atoms with van der Waals surface area (Å²) in [4.78, 5) is 1.27. The Bertz CT molecular complexity index is 306. The van der Waals surface area contributed by atoms with Gasteiger partial charge in [-0.3, -0.25) is 0 Å². The molecule has 1 aromatic carbocycles. The Morgan fingerprint density at radius 2 is 2.13 bits per heavy atom. The van der Waals surface area contributed by atoms with Crippen molar-refractivity contribution < 1.29 is 4.74 Å². The van der Waals surface area contributed by atoms with Crippen molar-refractivity contribution in [3.05, 3.63) is 55.3 Å². The lowest BCUT2D eigenvalue weighted by Gasteiger charge is -2.09. The van der Waals surface area contributed by atoms with E-state index in [4.69, 9.17) is 4.74 Å². The average molecular weight is 220 g/mol. The van der Waals surface area contributed by atoms with Crippen LogP contribution in [0.2, 0.25) is 0 Å². The molecule has 0 saturated heterocycles. The van der Waals surface area contributed by atoms with Gasteiger partial charge in [-0.25, -0.2) is 0 Å². The largest absolute Gasteiger partial charge is 0.505 e. The second-order valence-electron chi connectivity index (χ2n) is 3.06. The highest BCUT2D eigenvalue weighted by molar-refractivity contribution is 8.00. The van der Waals surface area contributed by atoms with Gasteiger partial charge < -0.3 is 4.74 Å². The normalized spacial score (nSPS) is 12.6. The molecule has 0 aliphatic heterocycles. The summed E-state index contributed by atoms with van der Waals surface area (Å²) in [6.07, 6.45) is 6.66. The van der Waals surface area contributed by atoms with Crippen LogP contribution in [-0.4, -0.2) is 12.4 Å². The predicted molar refractivity (Wildman–Crippen MR) is 67.1 cm³/mol. The number of allylic oxidation sites excluding steroid dienone is 1. The molecule has 0 bridgehead atoms. The van der Waals surface area contributed by atoms with E-state index in [1.165, 1.54) is 4.90 Å². The monoisotopic (exact) mass is 220 g/mol. The molecule has 0 saturated carbocycles. The number of benzene rings is 1. The molecule has 0 heterocycles. The quantitative estimate of drug-likeness (QED) is 0.409. The van der Waals surface area contributed by atoms with Crippen LogP contribution in [0.1, 0.15) is 6.42 Å². The molecule has 0 spiro atoms. The average Bonchev–Trinajstić information content (AvgIpc) is 2.28. The summed E-state index contributed by atoms with van der Waals surface area (Å²) in [5, 5.41) is 0.393. The van der Waals surface area contributed by atoms with Crippen LogP contribution in [0.15, 0.2) is 60.2 Å². The summed E-state index contributed by atoms with van der Waals surface area (Å²) in [7, 11) is 1.66. The highest BCUT2D eigenvalue weighted by atomic mass is 32.2. The van der Waals surface area contributed by atoms with Crippen molar-refractivity contribution in [1.82, 2.24) is 0 Å². The third-order valence-electron chi connectivity index (χ3n) is 1.86. The summed E-state index contributed by atoms with van der Waals surface area (Å²) >= 11 is 1.82. The lowest BCUT2D eigenvalue weighted by Crippen LogP contribution is -1.95. The van der Waals surface area contributed by atoms with Crippen LogP contribution in [0, 0.1) is 0 Å². The second kappa shape index (κ2) is 7.18. The van der Waals surface area contributed by atoms with Gasteiger partial charge in [0.05, 0.1) is 13.4 Å². The first-order valence-corrected chi connectivity index (χ1v) is 5.77. The summed E-state index contributed by atoms with van der Waals surface area (Å²) in [6.45, 7) is 3.76. The minimum atomic E-state index is 0.393. The van der Waals surface area contributed by atoms with Crippen molar-refractivity contribution >= 4 is 11.8 Å². The molecule has 80 valence electrons. The Hall–Kier alpha value is -1.15. The number of hydrogen-bond donors (Lipinski definition) is 0. The van der Waals surface area contributed by atoms with Crippen molar-refractivity contribution in [3.63, 3.8) is 0 Å². The van der Waals surface area contributed by atoms with E-state index in [0.717, 1.165) is 6.42 Å². The van der Waals surface area contributed by atoms with Gasteiger partial charge in [0.15, 0.2) is 0 Å². The third-order valence-corrected chi connectivity index (χ3v) is 3.06. The second-order valence-corrected chi connectivity index (χ2v) is 4.37. The first kappa shape index (κ1) is 11.9. The number of hydrogen-bond acceptors (Lipinski definition) is 2. The molecular weight excluding hydrogens is 204 g/mol. The van der Waals surface area contributed by atoms with Crippen molar-refractivity contribution in [2.45, 2.75) is 16.6 Å². The molecule has 0 fully saturated rings. The van der Waals surface area contributed by atoms with Gasteiger partial charge in [-0.05, 0) is 24.6 Å². The molecule has 2 heteroatoms. The van der Waals surface area contributed by atoms with Crippen molar-refractivity contribution in [1.29, 1.82) is 0 Å². The standard InChI is InChI=1S/C13H16OS/c1-3-7-12(10-11-14-2)15-13-8-5-4-6-9-13/h3-6,8-12H,1,7H2,2H3/b11-10+. The minimum Gasteiger partial charge on any atom is -0.505 e. The summed E-state index contributed by atoms with van der Waals surface area (Å²) in [6, 6.07) is 10.3. The van der Waals surface area contributed by atoms with Crippen LogP contribution >= 0.6 is 11.8 Å². The number of rotatable bonds is 6. The Morgan fingerprint density at radius 3 is 2.73 bits per heavy atom. The molecule has 1 unspecified atom stereocenters. The van der Waals surface area contributed by atoms with Gasteiger partial charge in [0.25, 0.3) is 0 Å². The molecule has 0 amide bonds. The first-order chi connectivity index (χ1) is 7.36. The van der Waals surface area contributed by atoms with E-state index in [1.807, 2.05) is 36.0 Å². The molecule has 1 rings (SSSR count). The van der Waals surface area contributed by atoms with E-state index in [9.17, 15) is 0 Å². The van der Waals surface area contributed by atoms with Crippen molar-refractivity contribution in [2.24, 2.45) is 0 Å². The van der Waals surface area contributed by atoms with E-state index >= 15 is 0 Å². The zero-order valence-electron chi connectivity index (χ0n) is 8.93. The number of methoxy groups -OCH3 is 1. The lowest BCUT2D eigenvalue weighted by atomic mass is 10.3. The molecule has 1 nitrogen and oxygen atoms in total. The molecule has 0 aliphatic rings. The number of ether oxygens (including phenoxy) is 1. The van der Waals surface area contributed by atoms with Crippen molar-refractivity contribution in [2.75, 3.05) is 7.11 Å². The van der Waals surface area contributed by atoms with Gasteiger partial charge in [0, 0.05) is 10.1 Å². The predicted octanol–water partition coefficient (Wildman–Crippen LogP) is 3.88. The van der Waals surface area contributed by atoms with Gasteiger partial charge in [-0.15, -0.1) is 18.3 Å². The Morgan fingerprint density at radius 1 is 1.40 bits per heavy atom. The van der Waals surface area contributed by atoms with Crippen LogP contribution in [0.3, 0.4) is 0 Å². The van der Waals surface area contributed by atoms with Gasteiger partial charge in [0.1, 0.15) is 0 Å². The minimum absolute atomic E-state index is 0.393. The Balaban J connectivity index is 2.58. The topological polar surface area (TPSA) is 9.23 Å². The van der Waals surface area contributed by atoms with Crippen LogP contribution in [0.25, 0.3) is 0 Å². The Kier molecular flexibility index (Phi) is 5.71. The van der Waals surface area contributed by atoms with E-state index in [1.54, 1.807) is 13.4 Å². The third kappa shape index (κ3) is 4.75. The SMILES string of the molecule is C=CCC(/C=C/OC)Sc1ccccc1. The molecule has 0 N–H and O–H groups in total. The van der Waals surface area contributed by atoms with E-state index < -0.39 is 0 Å². The zero-order chi connectivity index (χ0) is 10.9. The van der Waals surface area contributed by atoms with Crippen LogP contribution in [-0.2, 0) is 4.74 Å². The molecule has 0 aliphatic carbocycles. The van der Waals surface area contributed by atoms with Crippen molar-refractivity contribution in [3.8, 4) is 0 Å². The molecule has 0 aromatic heterocycles. The first-order valence-electron chi connectivity index (χ1n) is 4.89. The maximum Gasteiger partial charge on any atom is 0.0796 e. The van der Waals surface area contributed by atoms with E-state index in [0.29, 0.717) is 5.25 Å². The van der Waals surface area contributed by atoms with E-state index in [2.05, 4.69) is 24.8 Å². The highest BCUT2D eigenvalue weighted by Crippen LogP contribution is 2.26. The summed E-state index contributed by atoms with van der Waals surface area (Å²) in [5.41, 5.74) is 0. The van der Waals surface area contributed by atoms with Gasteiger partial charge in [0.2, 0.25) is 0 Å². The van der Waals surface area contributed by atoms with Crippen LogP contribution in [0.5, 0.6) is 0 Å². The fourth-order valence-electron chi connectivity index (χ4n) is 1.17. The van der Waals surface area contributed by atoms with E-state index in [-0.39, 0.29) is 0 Å². The van der Waals surface area contributed by atoms with Crippen LogP contribution in [0.4, 0.5) is 0 Å². The molecule has 1 aromatic rings. The maximum absolute atomic E-state index is 4.93. The fraction of sp³-hybridized carbons (Fsp3) is 0.231. The number of thioether (sulfide) groups is 1. The molecule has 1 atom stereocenters. The van der Waals surface area contributed by atoms with Gasteiger partial charge in [-0.1, -0.05) is 24.3 Å². The zero-order valence-corrected chi connectivity index (χ0v) is 9.74. The summed E-state index contributed by atoms with van der Waals surface area (Å²) < 4.78 is 4.93. The maximum atomic E-state index is 4.93. The molecule has 15 heavy (non-hydrogen) atoms.